The van der Waals surface area contributed by atoms with Crippen molar-refractivity contribution in [2.75, 3.05) is 5.32 Å². The summed E-state index contributed by atoms with van der Waals surface area (Å²) in [6.07, 6.45) is 0. The van der Waals surface area contributed by atoms with E-state index in [0.29, 0.717) is 0 Å². The highest BCUT2D eigenvalue weighted by atomic mass is 35.5. The fraction of sp³-hybridized carbons (Fsp3) is 0.200. The first kappa shape index (κ1) is 12.9. The van der Waals surface area contributed by atoms with Gasteiger partial charge in [0.1, 0.15) is 17.3 Å². The number of nitrogens with one attached hydrogen (secondary N) is 2. The quantitative estimate of drug-likeness (QED) is 0.739. The number of halogens is 1. The number of rotatable bonds is 2. The van der Waals surface area contributed by atoms with Crippen molar-refractivity contribution in [2.45, 2.75) is 20.8 Å². The normalized spacial score (nSPS) is 11.0. The summed E-state index contributed by atoms with van der Waals surface area (Å²) < 4.78 is 0. The predicted molar refractivity (Wildman–Crippen MR) is 82.8 cm³/mol. The second-order valence-corrected chi connectivity index (χ2v) is 5.33. The third-order valence-corrected chi connectivity index (χ3v) is 3.58. The number of anilines is 2. The van der Waals surface area contributed by atoms with Crippen LogP contribution < -0.4 is 5.32 Å². The highest BCUT2D eigenvalue weighted by Crippen LogP contribution is 2.27. The predicted octanol–water partition coefficient (Wildman–Crippen LogP) is 4.28. The number of H-pyrrole nitrogens is 1. The summed E-state index contributed by atoms with van der Waals surface area (Å²) in [7, 11) is 0. The Morgan fingerprint density at radius 2 is 1.90 bits per heavy atom. The van der Waals surface area contributed by atoms with Gasteiger partial charge in [-0.15, -0.1) is 0 Å². The number of hydrogen-bond acceptors (Lipinski definition) is 3. The van der Waals surface area contributed by atoms with Gasteiger partial charge in [-0.1, -0.05) is 17.7 Å². The van der Waals surface area contributed by atoms with Gasteiger partial charge in [0.05, 0.1) is 5.39 Å². The van der Waals surface area contributed by atoms with Gasteiger partial charge in [0.25, 0.3) is 0 Å². The van der Waals surface area contributed by atoms with E-state index in [9.17, 15) is 0 Å². The lowest BCUT2D eigenvalue weighted by Crippen LogP contribution is -1.98. The third-order valence-electron chi connectivity index (χ3n) is 3.17. The molecule has 4 nitrogen and oxygen atoms in total. The lowest BCUT2D eigenvalue weighted by molar-refractivity contribution is 1.08. The maximum absolute atomic E-state index is 6.15. The Hall–Kier alpha value is -2.07. The summed E-state index contributed by atoms with van der Waals surface area (Å²) in [6, 6.07) is 7.91. The minimum absolute atomic E-state index is 0.722. The van der Waals surface area contributed by atoms with Crippen LogP contribution in [0.15, 0.2) is 24.3 Å². The maximum Gasteiger partial charge on any atom is 0.143 e. The number of fused-ring (bicyclic) bond motifs is 1. The minimum Gasteiger partial charge on any atom is -0.343 e. The molecule has 20 heavy (non-hydrogen) atoms. The average Bonchev–Trinajstić information content (AvgIpc) is 2.74. The Morgan fingerprint density at radius 3 is 2.65 bits per heavy atom. The summed E-state index contributed by atoms with van der Waals surface area (Å²) in [4.78, 5) is 12.1. The van der Waals surface area contributed by atoms with E-state index in [4.69, 9.17) is 11.6 Å². The molecule has 0 atom stereocenters. The smallest absolute Gasteiger partial charge is 0.143 e. The molecule has 3 aromatic rings. The molecule has 0 amide bonds. The summed E-state index contributed by atoms with van der Waals surface area (Å²) in [5.41, 5.74) is 3.87. The van der Waals surface area contributed by atoms with Crippen LogP contribution in [0.5, 0.6) is 0 Å². The molecule has 0 aliphatic heterocycles. The number of aromatic nitrogens is 3. The summed E-state index contributed by atoms with van der Waals surface area (Å²) in [6.45, 7) is 5.86. The Balaban J connectivity index is 2.07. The van der Waals surface area contributed by atoms with Crippen molar-refractivity contribution in [1.82, 2.24) is 15.0 Å². The van der Waals surface area contributed by atoms with Crippen molar-refractivity contribution in [3.05, 3.63) is 46.4 Å². The van der Waals surface area contributed by atoms with Crippen LogP contribution in [0.1, 0.15) is 17.1 Å². The number of aryl methyl sites for hydroxylation is 3. The average molecular weight is 287 g/mol. The molecule has 3 rings (SSSR count). The van der Waals surface area contributed by atoms with Gasteiger partial charge in [0, 0.05) is 16.4 Å². The second kappa shape index (κ2) is 4.80. The highest BCUT2D eigenvalue weighted by molar-refractivity contribution is 6.31. The molecule has 102 valence electrons. The first-order valence-corrected chi connectivity index (χ1v) is 6.78. The molecule has 0 aliphatic rings. The molecule has 5 heteroatoms. The molecule has 1 aromatic carbocycles. The van der Waals surface area contributed by atoms with Crippen molar-refractivity contribution in [1.29, 1.82) is 0 Å². The maximum atomic E-state index is 6.15. The van der Waals surface area contributed by atoms with E-state index in [-0.39, 0.29) is 0 Å². The number of hydrogen-bond donors (Lipinski definition) is 2. The molecule has 0 spiro atoms. The Kier molecular flexibility index (Phi) is 3.10. The zero-order chi connectivity index (χ0) is 14.3. The second-order valence-electron chi connectivity index (χ2n) is 4.92. The van der Waals surface area contributed by atoms with Gasteiger partial charge >= 0.3 is 0 Å². The van der Waals surface area contributed by atoms with E-state index in [1.54, 1.807) is 0 Å². The van der Waals surface area contributed by atoms with Crippen LogP contribution in [0, 0.1) is 20.8 Å². The molecule has 0 saturated heterocycles. The highest BCUT2D eigenvalue weighted by Gasteiger charge is 2.09. The fourth-order valence-corrected chi connectivity index (χ4v) is 2.34. The van der Waals surface area contributed by atoms with E-state index in [1.165, 1.54) is 0 Å². The van der Waals surface area contributed by atoms with Crippen molar-refractivity contribution in [2.24, 2.45) is 0 Å². The van der Waals surface area contributed by atoms with E-state index in [2.05, 4.69) is 20.3 Å². The standard InChI is InChI=1S/C15H15ClN4/c1-8-4-5-11(7-13(8)16)20-15-12-6-9(2)17-14(12)18-10(3)19-15/h4-7H,1-3H3,(H2,17,18,19,20). The Labute approximate surface area is 122 Å². The van der Waals surface area contributed by atoms with Crippen LogP contribution in [0.4, 0.5) is 11.5 Å². The largest absolute Gasteiger partial charge is 0.343 e. The van der Waals surface area contributed by atoms with Gasteiger partial charge in [-0.25, -0.2) is 9.97 Å². The SMILES string of the molecule is Cc1nc(Nc2ccc(C)c(Cl)c2)c2cc(C)[nH]c2n1. The van der Waals surface area contributed by atoms with Gasteiger partial charge in [0.15, 0.2) is 0 Å². The molecular formula is C15H15ClN4. The first-order chi connectivity index (χ1) is 9.52. The van der Waals surface area contributed by atoms with Gasteiger partial charge < -0.3 is 10.3 Å². The van der Waals surface area contributed by atoms with Crippen LogP contribution in [-0.4, -0.2) is 15.0 Å². The van der Waals surface area contributed by atoms with E-state index >= 15 is 0 Å². The number of nitrogens with zero attached hydrogens (tertiary/aromatic N) is 2. The fourth-order valence-electron chi connectivity index (χ4n) is 2.16. The van der Waals surface area contributed by atoms with Crippen molar-refractivity contribution >= 4 is 34.1 Å². The lowest BCUT2D eigenvalue weighted by atomic mass is 10.2. The molecule has 0 radical (unpaired) electrons. The number of aromatic amines is 1. The molecular weight excluding hydrogens is 272 g/mol. The summed E-state index contributed by atoms with van der Waals surface area (Å²) in [5.74, 6) is 1.51. The molecule has 0 fully saturated rings. The number of benzene rings is 1. The van der Waals surface area contributed by atoms with E-state index in [0.717, 1.165) is 44.6 Å². The van der Waals surface area contributed by atoms with E-state index in [1.807, 2.05) is 45.0 Å². The van der Waals surface area contributed by atoms with Crippen molar-refractivity contribution < 1.29 is 0 Å². The van der Waals surface area contributed by atoms with Crippen LogP contribution in [0.25, 0.3) is 11.0 Å². The summed E-state index contributed by atoms with van der Waals surface area (Å²) >= 11 is 6.15. The molecule has 0 aliphatic carbocycles. The Morgan fingerprint density at radius 1 is 1.10 bits per heavy atom. The van der Waals surface area contributed by atoms with Crippen molar-refractivity contribution in [3.63, 3.8) is 0 Å². The van der Waals surface area contributed by atoms with Gasteiger partial charge in [0.2, 0.25) is 0 Å². The van der Waals surface area contributed by atoms with E-state index < -0.39 is 0 Å². The zero-order valence-electron chi connectivity index (χ0n) is 11.6. The van der Waals surface area contributed by atoms with Crippen LogP contribution >= 0.6 is 11.6 Å². The van der Waals surface area contributed by atoms with Gasteiger partial charge in [-0.05, 0) is 44.5 Å². The van der Waals surface area contributed by atoms with Gasteiger partial charge in [-0.3, -0.25) is 0 Å². The molecule has 2 aromatic heterocycles. The van der Waals surface area contributed by atoms with Crippen LogP contribution in [-0.2, 0) is 0 Å². The minimum atomic E-state index is 0.722. The topological polar surface area (TPSA) is 53.6 Å². The molecule has 0 bridgehead atoms. The zero-order valence-corrected chi connectivity index (χ0v) is 12.3. The molecule has 2 heterocycles. The van der Waals surface area contributed by atoms with Crippen LogP contribution in [0.2, 0.25) is 5.02 Å². The first-order valence-electron chi connectivity index (χ1n) is 6.40. The third kappa shape index (κ3) is 2.34. The monoisotopic (exact) mass is 286 g/mol. The lowest BCUT2D eigenvalue weighted by Gasteiger charge is -2.08. The molecule has 0 unspecified atom stereocenters. The molecule has 2 N–H and O–H groups in total. The van der Waals surface area contributed by atoms with Crippen molar-refractivity contribution in [3.8, 4) is 0 Å². The van der Waals surface area contributed by atoms with Crippen LogP contribution in [0.3, 0.4) is 0 Å². The summed E-state index contributed by atoms with van der Waals surface area (Å²) in [5, 5.41) is 5.03. The molecule has 0 saturated carbocycles. The van der Waals surface area contributed by atoms with Gasteiger partial charge in [-0.2, -0.15) is 0 Å². The Bertz CT molecular complexity index is 792.